The van der Waals surface area contributed by atoms with Crippen LogP contribution in [0.25, 0.3) is 0 Å². The maximum atomic E-state index is 14.4. The minimum absolute atomic E-state index is 0.170. The molecular weight excluding hydrogens is 601 g/mol. The summed E-state index contributed by atoms with van der Waals surface area (Å²) in [6.07, 6.45) is 0.360. The van der Waals surface area contributed by atoms with Crippen molar-refractivity contribution in [2.24, 2.45) is 0 Å². The first kappa shape index (κ1) is 31.4. The molecule has 3 atom stereocenters. The highest BCUT2D eigenvalue weighted by Gasteiger charge is 2.47. The zero-order valence-electron chi connectivity index (χ0n) is 25.2. The van der Waals surface area contributed by atoms with Gasteiger partial charge in [0.15, 0.2) is 5.79 Å². The molecule has 1 unspecified atom stereocenters. The van der Waals surface area contributed by atoms with Gasteiger partial charge >= 0.3 is 0 Å². The van der Waals surface area contributed by atoms with E-state index in [1.54, 1.807) is 59.4 Å². The van der Waals surface area contributed by atoms with Crippen LogP contribution in [0.15, 0.2) is 78.0 Å². The fraction of sp³-hybridized carbons (Fsp3) is 0.303. The number of hydrogen-bond acceptors (Lipinski definition) is 6. The van der Waals surface area contributed by atoms with Gasteiger partial charge in [-0.25, -0.2) is 0 Å². The van der Waals surface area contributed by atoms with Crippen LogP contribution in [-0.4, -0.2) is 48.1 Å². The quantitative estimate of drug-likeness (QED) is 0.289. The third kappa shape index (κ3) is 6.26. The molecule has 0 bridgehead atoms. The molecule has 3 aromatic carbocycles. The van der Waals surface area contributed by atoms with Crippen molar-refractivity contribution in [1.82, 2.24) is 15.5 Å². The molecule has 0 radical (unpaired) electrons. The van der Waals surface area contributed by atoms with E-state index in [1.165, 1.54) is 6.92 Å². The number of halogens is 2. The number of benzene rings is 3. The predicted molar refractivity (Wildman–Crippen MR) is 173 cm³/mol. The summed E-state index contributed by atoms with van der Waals surface area (Å²) in [4.78, 5) is 43.0. The van der Waals surface area contributed by atoms with E-state index >= 15 is 0 Å². The number of nitrogens with zero attached hydrogens (tertiary/aromatic N) is 2. The Bertz CT molecular complexity index is 1630. The Kier molecular flexibility index (Phi) is 8.92. The van der Waals surface area contributed by atoms with E-state index in [0.29, 0.717) is 44.7 Å². The lowest BCUT2D eigenvalue weighted by Crippen LogP contribution is -2.72. The fourth-order valence-electron chi connectivity index (χ4n) is 5.81. The molecule has 0 spiro atoms. The summed E-state index contributed by atoms with van der Waals surface area (Å²) < 4.78 is 5.32. The molecule has 5 rings (SSSR count). The van der Waals surface area contributed by atoms with E-state index in [4.69, 9.17) is 27.9 Å². The van der Waals surface area contributed by atoms with Gasteiger partial charge < -0.3 is 20.3 Å². The summed E-state index contributed by atoms with van der Waals surface area (Å²) in [5, 5.41) is 10.7. The summed E-state index contributed by atoms with van der Waals surface area (Å²) in [6, 6.07) is 19.3. The molecule has 230 valence electrons. The van der Waals surface area contributed by atoms with Crippen molar-refractivity contribution in [2.75, 3.05) is 23.9 Å². The number of carbonyl (C=O) groups excluding carboxylic acids is 3. The first-order valence-electron chi connectivity index (χ1n) is 14.3. The van der Waals surface area contributed by atoms with E-state index in [-0.39, 0.29) is 36.3 Å². The van der Waals surface area contributed by atoms with Crippen molar-refractivity contribution in [2.45, 2.75) is 52.0 Å². The highest BCUT2D eigenvalue weighted by molar-refractivity contribution is 6.42. The van der Waals surface area contributed by atoms with Gasteiger partial charge in [-0.05, 0) is 87.4 Å². The molecule has 0 saturated heterocycles. The van der Waals surface area contributed by atoms with E-state index < -0.39 is 5.79 Å². The van der Waals surface area contributed by atoms with E-state index in [1.807, 2.05) is 45.0 Å². The summed E-state index contributed by atoms with van der Waals surface area (Å²) >= 11 is 12.3. The number of anilines is 2. The van der Waals surface area contributed by atoms with Crippen LogP contribution in [0.5, 0.6) is 5.75 Å². The maximum absolute atomic E-state index is 14.4. The normalized spacial score (nSPS) is 20.5. The first-order valence-corrected chi connectivity index (χ1v) is 15.1. The smallest absolute Gasteiger partial charge is 0.259 e. The third-order valence-electron chi connectivity index (χ3n) is 8.01. The van der Waals surface area contributed by atoms with Gasteiger partial charge in [-0.1, -0.05) is 35.3 Å². The number of rotatable bonds is 7. The Balaban J connectivity index is 1.50. The first-order chi connectivity index (χ1) is 20.9. The van der Waals surface area contributed by atoms with Gasteiger partial charge in [0, 0.05) is 47.2 Å². The minimum atomic E-state index is -1.09. The van der Waals surface area contributed by atoms with Crippen LogP contribution < -0.4 is 25.6 Å². The van der Waals surface area contributed by atoms with Crippen LogP contribution in [0.4, 0.5) is 11.4 Å². The Morgan fingerprint density at radius 3 is 2.34 bits per heavy atom. The topological polar surface area (TPSA) is 103 Å². The maximum Gasteiger partial charge on any atom is 0.259 e. The second kappa shape index (κ2) is 12.5. The highest BCUT2D eigenvalue weighted by atomic mass is 35.5. The number of hydrogen-bond donors (Lipinski definition) is 3. The molecule has 0 fully saturated rings. The molecule has 44 heavy (non-hydrogen) atoms. The molecule has 3 amide bonds. The monoisotopic (exact) mass is 635 g/mol. The van der Waals surface area contributed by atoms with E-state index in [9.17, 15) is 14.4 Å². The summed E-state index contributed by atoms with van der Waals surface area (Å²) in [5.74, 6) is -0.898. The summed E-state index contributed by atoms with van der Waals surface area (Å²) in [6.45, 7) is 7.51. The standard InChI is InChI=1S/C33H35Cl2N5O4/c1-19-16-27-30(18-39(19)31(42)23-8-15-28(34)29(35)17-23)38-33(4,37-20(2)22-6-13-26(44-5)14-7-22)40(32(27)43)25-11-9-24(10-12-25)36-21(3)41/h6-15,17,19-20,37-38H,16,18H2,1-5H3,(H,36,41)/t19-,20+,33?/m1/s1. The average Bonchev–Trinajstić information content (AvgIpc) is 2.99. The number of nitrogens with one attached hydrogen (secondary N) is 3. The summed E-state index contributed by atoms with van der Waals surface area (Å²) in [5.41, 5.74) is 3.97. The molecule has 3 aromatic rings. The van der Waals surface area contributed by atoms with Crippen molar-refractivity contribution >= 4 is 52.3 Å². The van der Waals surface area contributed by atoms with Gasteiger partial charge in [0.1, 0.15) is 5.75 Å². The number of methoxy groups -OCH3 is 1. The molecule has 2 heterocycles. The van der Waals surface area contributed by atoms with Gasteiger partial charge in [-0.15, -0.1) is 0 Å². The molecule has 2 aliphatic heterocycles. The molecule has 3 N–H and O–H groups in total. The Morgan fingerprint density at radius 1 is 1.05 bits per heavy atom. The van der Waals surface area contributed by atoms with Gasteiger partial charge in [-0.2, -0.15) is 0 Å². The van der Waals surface area contributed by atoms with Crippen LogP contribution in [0.2, 0.25) is 10.0 Å². The van der Waals surface area contributed by atoms with E-state index in [2.05, 4.69) is 16.0 Å². The molecule has 9 nitrogen and oxygen atoms in total. The number of ether oxygens (including phenoxy) is 1. The third-order valence-corrected chi connectivity index (χ3v) is 8.75. The zero-order valence-corrected chi connectivity index (χ0v) is 26.7. The number of amides is 3. The van der Waals surface area contributed by atoms with E-state index in [0.717, 1.165) is 11.3 Å². The van der Waals surface area contributed by atoms with Crippen LogP contribution >= 0.6 is 23.2 Å². The molecule has 0 saturated carbocycles. The van der Waals surface area contributed by atoms with Crippen molar-refractivity contribution in [3.63, 3.8) is 0 Å². The lowest BCUT2D eigenvalue weighted by atomic mass is 9.92. The van der Waals surface area contributed by atoms with Gasteiger partial charge in [0.25, 0.3) is 11.8 Å². The lowest BCUT2D eigenvalue weighted by molar-refractivity contribution is -0.118. The second-order valence-corrected chi connectivity index (χ2v) is 12.1. The lowest BCUT2D eigenvalue weighted by Gasteiger charge is -2.51. The Morgan fingerprint density at radius 2 is 1.73 bits per heavy atom. The average molecular weight is 637 g/mol. The molecular formula is C33H35Cl2N5O4. The summed E-state index contributed by atoms with van der Waals surface area (Å²) in [7, 11) is 1.62. The van der Waals surface area contributed by atoms with Gasteiger partial charge in [0.2, 0.25) is 5.91 Å². The van der Waals surface area contributed by atoms with Gasteiger partial charge in [0.05, 0.1) is 23.7 Å². The number of carbonyl (C=O) groups is 3. The van der Waals surface area contributed by atoms with Crippen molar-refractivity contribution in [1.29, 1.82) is 0 Å². The van der Waals surface area contributed by atoms with Crippen molar-refractivity contribution in [3.8, 4) is 5.75 Å². The largest absolute Gasteiger partial charge is 0.497 e. The SMILES string of the molecule is COc1ccc([C@H](C)NC2(C)NC3=C(C[C@@H](C)N(C(=O)c4ccc(Cl)c(Cl)c4)C3)C(=O)N2c2ccc(NC(C)=O)cc2)cc1. The molecule has 0 aliphatic carbocycles. The molecule has 0 aromatic heterocycles. The van der Waals surface area contributed by atoms with Crippen LogP contribution in [0.1, 0.15) is 56.1 Å². The Hall–Kier alpha value is -4.05. The Labute approximate surface area is 267 Å². The minimum Gasteiger partial charge on any atom is -0.497 e. The zero-order chi connectivity index (χ0) is 31.8. The molecule has 11 heteroatoms. The van der Waals surface area contributed by atoms with Crippen molar-refractivity contribution < 1.29 is 19.1 Å². The van der Waals surface area contributed by atoms with Crippen molar-refractivity contribution in [3.05, 3.63) is 99.2 Å². The fourth-order valence-corrected chi connectivity index (χ4v) is 6.11. The van der Waals surface area contributed by atoms with Crippen LogP contribution in [0, 0.1) is 0 Å². The molecule has 2 aliphatic rings. The van der Waals surface area contributed by atoms with Gasteiger partial charge in [-0.3, -0.25) is 24.6 Å². The van der Waals surface area contributed by atoms with Crippen LogP contribution in [-0.2, 0) is 9.59 Å². The predicted octanol–water partition coefficient (Wildman–Crippen LogP) is 6.11. The highest BCUT2D eigenvalue weighted by Crippen LogP contribution is 2.36. The second-order valence-electron chi connectivity index (χ2n) is 11.3. The van der Waals surface area contributed by atoms with Crippen LogP contribution in [0.3, 0.4) is 0 Å².